The Hall–Kier alpha value is -4.10. The SMILES string of the molecule is CCOc1ccc(-c2coc3cc(OC)c(/C(C)=C/C(=O)Nc4nc5ccccc5s4)cc23)cc1. The molecule has 176 valence electrons. The number of para-hydroxylation sites is 1. The first-order chi connectivity index (χ1) is 17.1. The molecule has 0 saturated heterocycles. The maximum absolute atomic E-state index is 12.8. The molecule has 3 aromatic carbocycles. The van der Waals surface area contributed by atoms with Crippen molar-refractivity contribution in [1.29, 1.82) is 0 Å². The van der Waals surface area contributed by atoms with Crippen molar-refractivity contribution >= 4 is 49.1 Å². The highest BCUT2D eigenvalue weighted by Gasteiger charge is 2.15. The van der Waals surface area contributed by atoms with Crippen LogP contribution in [0.4, 0.5) is 5.13 Å². The second kappa shape index (κ2) is 9.64. The summed E-state index contributed by atoms with van der Waals surface area (Å²) in [5.41, 5.74) is 5.12. The van der Waals surface area contributed by atoms with Gasteiger partial charge in [0.1, 0.15) is 17.1 Å². The summed E-state index contributed by atoms with van der Waals surface area (Å²) in [5, 5.41) is 4.37. The summed E-state index contributed by atoms with van der Waals surface area (Å²) in [7, 11) is 1.61. The van der Waals surface area contributed by atoms with Gasteiger partial charge in [0.15, 0.2) is 5.13 Å². The van der Waals surface area contributed by atoms with Gasteiger partial charge in [-0.1, -0.05) is 35.6 Å². The molecule has 5 rings (SSSR count). The van der Waals surface area contributed by atoms with Gasteiger partial charge >= 0.3 is 0 Å². The largest absolute Gasteiger partial charge is 0.496 e. The van der Waals surface area contributed by atoms with E-state index in [0.717, 1.165) is 43.6 Å². The normalized spacial score (nSPS) is 11.7. The van der Waals surface area contributed by atoms with Gasteiger partial charge in [0.2, 0.25) is 5.91 Å². The number of methoxy groups -OCH3 is 1. The maximum Gasteiger partial charge on any atom is 0.250 e. The Balaban J connectivity index is 1.46. The van der Waals surface area contributed by atoms with Crippen molar-refractivity contribution in [2.45, 2.75) is 13.8 Å². The van der Waals surface area contributed by atoms with Crippen molar-refractivity contribution < 1.29 is 18.7 Å². The number of aromatic nitrogens is 1. The summed E-state index contributed by atoms with van der Waals surface area (Å²) in [4.78, 5) is 17.2. The van der Waals surface area contributed by atoms with Crippen LogP contribution in [0.1, 0.15) is 19.4 Å². The summed E-state index contributed by atoms with van der Waals surface area (Å²) in [6.45, 7) is 4.47. The molecule has 0 radical (unpaired) electrons. The van der Waals surface area contributed by atoms with Gasteiger partial charge in [0, 0.05) is 28.7 Å². The van der Waals surface area contributed by atoms with Gasteiger partial charge in [-0.2, -0.15) is 0 Å². The van der Waals surface area contributed by atoms with Crippen LogP contribution >= 0.6 is 11.3 Å². The molecule has 0 atom stereocenters. The molecule has 0 spiro atoms. The number of rotatable bonds is 7. The lowest BCUT2D eigenvalue weighted by atomic mass is 9.99. The van der Waals surface area contributed by atoms with E-state index in [9.17, 15) is 4.79 Å². The standard InChI is InChI=1S/C28H24N2O4S/c1-4-33-19-11-9-18(10-12-19)22-16-34-25-15-24(32-3)20(14-21(22)25)17(2)13-27(31)30-28-29-23-7-5-6-8-26(23)35-28/h5-16H,4H2,1-3H3,(H,29,30,31)/b17-13+. The average molecular weight is 485 g/mol. The van der Waals surface area contributed by atoms with Gasteiger partial charge < -0.3 is 13.9 Å². The van der Waals surface area contributed by atoms with Crippen LogP contribution in [0.25, 0.3) is 37.9 Å². The minimum absolute atomic E-state index is 0.248. The summed E-state index contributed by atoms with van der Waals surface area (Å²) in [5.74, 6) is 1.21. The molecule has 0 bridgehead atoms. The van der Waals surface area contributed by atoms with E-state index in [0.29, 0.717) is 23.1 Å². The Kier molecular flexibility index (Phi) is 6.25. The number of furan rings is 1. The summed E-state index contributed by atoms with van der Waals surface area (Å²) >= 11 is 1.44. The maximum atomic E-state index is 12.8. The Morgan fingerprint density at radius 1 is 1.14 bits per heavy atom. The zero-order valence-corrected chi connectivity index (χ0v) is 20.4. The molecule has 35 heavy (non-hydrogen) atoms. The highest BCUT2D eigenvalue weighted by molar-refractivity contribution is 7.22. The van der Waals surface area contributed by atoms with Crippen LogP contribution in [0, 0.1) is 0 Å². The molecule has 0 aliphatic rings. The lowest BCUT2D eigenvalue weighted by Crippen LogP contribution is -2.08. The fraction of sp³-hybridized carbons (Fsp3) is 0.143. The summed E-state index contributed by atoms with van der Waals surface area (Å²) in [6.07, 6.45) is 3.30. The highest BCUT2D eigenvalue weighted by Crippen LogP contribution is 2.38. The molecular formula is C28H24N2O4S. The predicted octanol–water partition coefficient (Wildman–Crippen LogP) is 7.16. The average Bonchev–Trinajstić information content (AvgIpc) is 3.46. The molecule has 2 aromatic heterocycles. The van der Waals surface area contributed by atoms with E-state index in [4.69, 9.17) is 13.9 Å². The van der Waals surface area contributed by atoms with Crippen molar-refractivity contribution in [3.05, 3.63) is 78.6 Å². The second-order valence-electron chi connectivity index (χ2n) is 7.96. The number of carbonyl (C=O) groups is 1. The van der Waals surface area contributed by atoms with Crippen LogP contribution in [-0.4, -0.2) is 24.6 Å². The molecule has 1 N–H and O–H groups in total. The topological polar surface area (TPSA) is 73.6 Å². The molecule has 1 amide bonds. The number of hydrogen-bond acceptors (Lipinski definition) is 6. The van der Waals surface area contributed by atoms with E-state index < -0.39 is 0 Å². The number of fused-ring (bicyclic) bond motifs is 2. The number of allylic oxidation sites excluding steroid dienone is 1. The smallest absolute Gasteiger partial charge is 0.250 e. The zero-order chi connectivity index (χ0) is 24.4. The Morgan fingerprint density at radius 3 is 2.69 bits per heavy atom. The monoisotopic (exact) mass is 484 g/mol. The number of hydrogen-bond donors (Lipinski definition) is 1. The van der Waals surface area contributed by atoms with Crippen LogP contribution < -0.4 is 14.8 Å². The van der Waals surface area contributed by atoms with Gasteiger partial charge in [0.25, 0.3) is 0 Å². The Morgan fingerprint density at radius 2 is 1.94 bits per heavy atom. The van der Waals surface area contributed by atoms with Gasteiger partial charge in [-0.15, -0.1) is 0 Å². The number of benzene rings is 3. The van der Waals surface area contributed by atoms with Crippen molar-refractivity contribution in [3.8, 4) is 22.6 Å². The first kappa shape index (κ1) is 22.7. The van der Waals surface area contributed by atoms with E-state index in [1.807, 2.05) is 74.5 Å². The number of amides is 1. The molecule has 0 unspecified atom stereocenters. The fourth-order valence-electron chi connectivity index (χ4n) is 3.99. The van der Waals surface area contributed by atoms with Crippen LogP contribution in [0.2, 0.25) is 0 Å². The fourth-order valence-corrected chi connectivity index (χ4v) is 4.86. The van der Waals surface area contributed by atoms with Gasteiger partial charge in [0.05, 0.1) is 30.2 Å². The van der Waals surface area contributed by atoms with Crippen LogP contribution in [0.15, 0.2) is 77.4 Å². The molecule has 5 aromatic rings. The number of anilines is 1. The minimum atomic E-state index is -0.248. The number of nitrogens with zero attached hydrogens (tertiary/aromatic N) is 1. The third kappa shape index (κ3) is 4.63. The predicted molar refractivity (Wildman–Crippen MR) is 141 cm³/mol. The van der Waals surface area contributed by atoms with Crippen LogP contribution in [0.5, 0.6) is 11.5 Å². The molecule has 0 aliphatic carbocycles. The first-order valence-corrected chi connectivity index (χ1v) is 12.0. The van der Waals surface area contributed by atoms with Crippen molar-refractivity contribution in [2.75, 3.05) is 19.0 Å². The highest BCUT2D eigenvalue weighted by atomic mass is 32.1. The Bertz CT molecular complexity index is 1510. The van der Waals surface area contributed by atoms with Gasteiger partial charge in [-0.05, 0) is 55.3 Å². The minimum Gasteiger partial charge on any atom is -0.496 e. The summed E-state index contributed by atoms with van der Waals surface area (Å²) in [6, 6.07) is 19.5. The molecule has 0 saturated carbocycles. The van der Waals surface area contributed by atoms with Crippen molar-refractivity contribution in [3.63, 3.8) is 0 Å². The van der Waals surface area contributed by atoms with E-state index in [2.05, 4.69) is 10.3 Å². The number of nitrogens with one attached hydrogen (secondary N) is 1. The third-order valence-corrected chi connectivity index (χ3v) is 6.62. The number of thiazole rings is 1. The molecule has 0 fully saturated rings. The molecule has 0 aliphatic heterocycles. The van der Waals surface area contributed by atoms with Crippen molar-refractivity contribution in [1.82, 2.24) is 4.98 Å². The molecule has 2 heterocycles. The first-order valence-electron chi connectivity index (χ1n) is 11.2. The third-order valence-electron chi connectivity index (χ3n) is 5.67. The lowest BCUT2D eigenvalue weighted by Gasteiger charge is -2.10. The molecule has 7 heteroatoms. The van der Waals surface area contributed by atoms with E-state index in [-0.39, 0.29) is 5.91 Å². The van der Waals surface area contributed by atoms with Crippen LogP contribution in [0.3, 0.4) is 0 Å². The van der Waals surface area contributed by atoms with E-state index in [1.54, 1.807) is 19.4 Å². The molecular weight excluding hydrogens is 460 g/mol. The van der Waals surface area contributed by atoms with E-state index >= 15 is 0 Å². The van der Waals surface area contributed by atoms with E-state index in [1.165, 1.54) is 11.3 Å². The molecule has 6 nitrogen and oxygen atoms in total. The number of carbonyl (C=O) groups excluding carboxylic acids is 1. The van der Waals surface area contributed by atoms with Crippen molar-refractivity contribution in [2.24, 2.45) is 0 Å². The van der Waals surface area contributed by atoms with Gasteiger partial charge in [-0.3, -0.25) is 10.1 Å². The lowest BCUT2D eigenvalue weighted by molar-refractivity contribution is -0.111. The number of ether oxygens (including phenoxy) is 2. The van der Waals surface area contributed by atoms with Crippen LogP contribution in [-0.2, 0) is 4.79 Å². The zero-order valence-electron chi connectivity index (χ0n) is 19.6. The Labute approximate surface area is 206 Å². The second-order valence-corrected chi connectivity index (χ2v) is 8.99. The van der Waals surface area contributed by atoms with Gasteiger partial charge in [-0.25, -0.2) is 4.98 Å². The quantitative estimate of drug-likeness (QED) is 0.248. The summed E-state index contributed by atoms with van der Waals surface area (Å²) < 4.78 is 18.0.